The predicted octanol–water partition coefficient (Wildman–Crippen LogP) is 3.07. The number of halogens is 1. The number of likely N-dealkylation sites (N-methyl/N-ethyl adjacent to an activating group) is 1. The Morgan fingerprint density at radius 2 is 1.91 bits per heavy atom. The minimum atomic E-state index is -1.24. The van der Waals surface area contributed by atoms with Crippen molar-refractivity contribution in [3.05, 3.63) is 68.8 Å². The number of carbonyl (C=O) groups excluding carboxylic acids is 2. The Hall–Kier alpha value is -3.53. The topological polar surface area (TPSA) is 95.7 Å². The molecule has 0 unspecified atom stereocenters. The van der Waals surface area contributed by atoms with E-state index in [2.05, 4.69) is 4.98 Å². The summed E-state index contributed by atoms with van der Waals surface area (Å²) in [6.07, 6.45) is 3.57. The highest BCUT2D eigenvalue weighted by Gasteiger charge is 2.47. The van der Waals surface area contributed by atoms with Gasteiger partial charge in [-0.2, -0.15) is 0 Å². The van der Waals surface area contributed by atoms with Crippen LogP contribution < -0.4 is 5.43 Å². The maximum atomic E-state index is 13.3. The van der Waals surface area contributed by atoms with E-state index in [1.54, 1.807) is 39.3 Å². The van der Waals surface area contributed by atoms with Crippen molar-refractivity contribution in [3.63, 3.8) is 0 Å². The van der Waals surface area contributed by atoms with Gasteiger partial charge in [0.05, 0.1) is 12.1 Å². The second-order valence-electron chi connectivity index (χ2n) is 9.37. The van der Waals surface area contributed by atoms with Crippen LogP contribution in [0, 0.1) is 5.82 Å². The third kappa shape index (κ3) is 4.22. The zero-order chi connectivity index (χ0) is 25.7. The molecule has 1 atom stereocenters. The number of aromatic hydroxyl groups is 1. The van der Waals surface area contributed by atoms with E-state index in [4.69, 9.17) is 0 Å². The summed E-state index contributed by atoms with van der Waals surface area (Å²) in [7, 11) is 3.24. The first kappa shape index (κ1) is 24.6. The van der Waals surface area contributed by atoms with Crippen molar-refractivity contribution in [1.29, 1.82) is 0 Å². The summed E-state index contributed by atoms with van der Waals surface area (Å²) < 4.78 is 14.6. The van der Waals surface area contributed by atoms with E-state index in [1.807, 2.05) is 13.8 Å². The molecular formula is C25H27FN4O4S. The van der Waals surface area contributed by atoms with Crippen molar-refractivity contribution in [2.24, 2.45) is 0 Å². The lowest BCUT2D eigenvalue weighted by Gasteiger charge is -2.45. The van der Waals surface area contributed by atoms with Crippen LogP contribution in [0.5, 0.6) is 5.75 Å². The molecule has 0 fully saturated rings. The third-order valence-corrected chi connectivity index (χ3v) is 7.25. The molecule has 4 rings (SSSR count). The molecule has 0 saturated carbocycles. The summed E-state index contributed by atoms with van der Waals surface area (Å²) in [5.74, 6) is -1.81. The largest absolute Gasteiger partial charge is 0.503 e. The number of thiazole rings is 1. The summed E-state index contributed by atoms with van der Waals surface area (Å²) in [6.45, 7) is 5.41. The van der Waals surface area contributed by atoms with Crippen LogP contribution in [0.1, 0.15) is 41.7 Å². The highest BCUT2D eigenvalue weighted by molar-refractivity contribution is 7.15. The van der Waals surface area contributed by atoms with Crippen molar-refractivity contribution in [1.82, 2.24) is 19.4 Å². The Balaban J connectivity index is 1.84. The summed E-state index contributed by atoms with van der Waals surface area (Å²) >= 11 is 1.26. The number of rotatable bonds is 5. The van der Waals surface area contributed by atoms with E-state index >= 15 is 0 Å². The molecule has 3 heterocycles. The molecular weight excluding hydrogens is 471 g/mol. The van der Waals surface area contributed by atoms with E-state index in [-0.39, 0.29) is 35.6 Å². The second-order valence-corrected chi connectivity index (χ2v) is 10.5. The lowest BCUT2D eigenvalue weighted by atomic mass is 9.93. The van der Waals surface area contributed by atoms with Crippen LogP contribution in [-0.2, 0) is 16.8 Å². The second kappa shape index (κ2) is 8.92. The molecule has 1 aliphatic heterocycles. The van der Waals surface area contributed by atoms with Crippen LogP contribution >= 0.6 is 11.3 Å². The van der Waals surface area contributed by atoms with Crippen LogP contribution in [0.25, 0.3) is 10.6 Å². The minimum Gasteiger partial charge on any atom is -0.503 e. The van der Waals surface area contributed by atoms with Crippen molar-refractivity contribution in [2.75, 3.05) is 20.6 Å². The SMILES string of the molecule is CC(C)N1C[C@@](C)(C(=O)N(C)C)n2cc(-c3ncc(Cc4ccc(F)cc4)s3)c(=O)c(O)c2C1=O. The fraction of sp³-hybridized carbons (Fsp3) is 0.360. The van der Waals surface area contributed by atoms with E-state index in [1.165, 1.54) is 44.0 Å². The van der Waals surface area contributed by atoms with Crippen LogP contribution in [0.2, 0.25) is 0 Å². The number of benzene rings is 1. The van der Waals surface area contributed by atoms with E-state index in [9.17, 15) is 23.9 Å². The number of carbonyl (C=O) groups is 2. The van der Waals surface area contributed by atoms with Gasteiger partial charge in [0.15, 0.2) is 11.4 Å². The van der Waals surface area contributed by atoms with Crippen LogP contribution in [0.15, 0.2) is 41.5 Å². The molecule has 0 saturated heterocycles. The average Bonchev–Trinajstić information content (AvgIpc) is 3.26. The minimum absolute atomic E-state index is 0.0863. The monoisotopic (exact) mass is 498 g/mol. The van der Waals surface area contributed by atoms with Crippen molar-refractivity contribution < 1.29 is 19.1 Å². The number of aromatic nitrogens is 2. The Bertz CT molecular complexity index is 1360. The van der Waals surface area contributed by atoms with Crippen LogP contribution in [0.4, 0.5) is 4.39 Å². The number of hydrogen-bond donors (Lipinski definition) is 1. The number of amides is 2. The Morgan fingerprint density at radius 3 is 2.51 bits per heavy atom. The highest BCUT2D eigenvalue weighted by atomic mass is 32.1. The molecule has 184 valence electrons. The predicted molar refractivity (Wildman–Crippen MR) is 131 cm³/mol. The van der Waals surface area contributed by atoms with Gasteiger partial charge in [0.1, 0.15) is 16.4 Å². The van der Waals surface area contributed by atoms with Crippen LogP contribution in [0.3, 0.4) is 0 Å². The molecule has 0 radical (unpaired) electrons. The molecule has 8 nitrogen and oxygen atoms in total. The zero-order valence-corrected chi connectivity index (χ0v) is 21.0. The van der Waals surface area contributed by atoms with E-state index in [0.29, 0.717) is 11.4 Å². The lowest BCUT2D eigenvalue weighted by Crippen LogP contribution is -2.60. The first-order chi connectivity index (χ1) is 16.4. The Labute approximate surface area is 206 Å². The molecule has 10 heteroatoms. The smallest absolute Gasteiger partial charge is 0.274 e. The molecule has 1 aromatic carbocycles. The number of hydrogen-bond acceptors (Lipinski definition) is 6. The van der Waals surface area contributed by atoms with Crippen molar-refractivity contribution in [2.45, 2.75) is 38.8 Å². The summed E-state index contributed by atoms with van der Waals surface area (Å²) in [4.78, 5) is 47.8. The van der Waals surface area contributed by atoms with Gasteiger partial charge >= 0.3 is 0 Å². The normalized spacial score (nSPS) is 17.6. The Morgan fingerprint density at radius 1 is 1.26 bits per heavy atom. The van der Waals surface area contributed by atoms with Gasteiger partial charge in [0.2, 0.25) is 11.3 Å². The van der Waals surface area contributed by atoms with Gasteiger partial charge < -0.3 is 19.5 Å². The van der Waals surface area contributed by atoms with Crippen molar-refractivity contribution in [3.8, 4) is 16.3 Å². The van der Waals surface area contributed by atoms with Gasteiger partial charge in [-0.25, -0.2) is 9.37 Å². The number of pyridine rings is 1. The van der Waals surface area contributed by atoms with Gasteiger partial charge in [-0.1, -0.05) is 12.1 Å². The highest BCUT2D eigenvalue weighted by Crippen LogP contribution is 2.35. The fourth-order valence-corrected chi connectivity index (χ4v) is 5.30. The zero-order valence-electron chi connectivity index (χ0n) is 20.2. The summed E-state index contributed by atoms with van der Waals surface area (Å²) in [6, 6.07) is 5.88. The Kier molecular flexibility index (Phi) is 6.27. The van der Waals surface area contributed by atoms with Crippen molar-refractivity contribution >= 4 is 23.2 Å². The molecule has 3 aromatic rings. The van der Waals surface area contributed by atoms with E-state index < -0.39 is 22.6 Å². The molecule has 0 bridgehead atoms. The standard InChI is InChI=1S/C25H27FN4O4S/c1-14(2)29-13-25(3,24(34)28(4)5)30-12-18(20(31)21(32)19(30)23(29)33)22-27-11-17(35-22)10-15-6-8-16(26)9-7-15/h6-9,11-12,14,32H,10,13H2,1-5H3/t25-/m0/s1. The lowest BCUT2D eigenvalue weighted by molar-refractivity contribution is -0.139. The quantitative estimate of drug-likeness (QED) is 0.583. The molecule has 2 amide bonds. The third-order valence-electron chi connectivity index (χ3n) is 6.22. The first-order valence-corrected chi connectivity index (χ1v) is 12.0. The van der Waals surface area contributed by atoms with Gasteiger partial charge in [0, 0.05) is 43.8 Å². The summed E-state index contributed by atoms with van der Waals surface area (Å²) in [5.41, 5.74) is -1.19. The number of nitrogens with zero attached hydrogens (tertiary/aromatic N) is 4. The van der Waals surface area contributed by atoms with Crippen LogP contribution in [-0.4, -0.2) is 63.0 Å². The summed E-state index contributed by atoms with van der Waals surface area (Å²) in [5, 5.41) is 11.3. The average molecular weight is 499 g/mol. The molecule has 35 heavy (non-hydrogen) atoms. The first-order valence-electron chi connectivity index (χ1n) is 11.2. The van der Waals surface area contributed by atoms with E-state index in [0.717, 1.165) is 10.4 Å². The fourth-order valence-electron chi connectivity index (χ4n) is 4.35. The maximum Gasteiger partial charge on any atom is 0.274 e. The molecule has 1 N–H and O–H groups in total. The van der Waals surface area contributed by atoms with Gasteiger partial charge in [-0.3, -0.25) is 14.4 Å². The molecule has 0 aliphatic carbocycles. The maximum absolute atomic E-state index is 13.3. The van der Waals surface area contributed by atoms with Gasteiger partial charge in [-0.15, -0.1) is 11.3 Å². The molecule has 1 aliphatic rings. The number of fused-ring (bicyclic) bond motifs is 1. The molecule has 2 aromatic heterocycles. The van der Waals surface area contributed by atoms with Gasteiger partial charge in [-0.05, 0) is 38.5 Å². The van der Waals surface area contributed by atoms with Gasteiger partial charge in [0.25, 0.3) is 5.91 Å². The molecule has 0 spiro atoms.